The van der Waals surface area contributed by atoms with Crippen LogP contribution in [0.1, 0.15) is 54.4 Å². The summed E-state index contributed by atoms with van der Waals surface area (Å²) in [5.41, 5.74) is 4.73. The molecule has 1 heterocycles. The zero-order valence-corrected chi connectivity index (χ0v) is 24.7. The molecule has 0 saturated heterocycles. The quantitative estimate of drug-likeness (QED) is 0.336. The van der Waals surface area contributed by atoms with Crippen LogP contribution in [0.4, 0.5) is 0 Å². The van der Waals surface area contributed by atoms with Gasteiger partial charge < -0.3 is 39.8 Å². The molecule has 0 aliphatic rings. The van der Waals surface area contributed by atoms with Crippen molar-refractivity contribution in [2.75, 3.05) is 27.2 Å². The van der Waals surface area contributed by atoms with Gasteiger partial charge in [0.25, 0.3) is 0 Å². The second-order valence-corrected chi connectivity index (χ2v) is 9.60. The number of hydrogen-bond acceptors (Lipinski definition) is 9. The van der Waals surface area contributed by atoms with E-state index in [1.165, 1.54) is 6.07 Å². The first-order valence-electron chi connectivity index (χ1n) is 12.1. The van der Waals surface area contributed by atoms with E-state index in [0.29, 0.717) is 13.1 Å². The number of likely N-dealkylation sites (N-methyl/N-ethyl adjacent to an activating group) is 2. The molecule has 0 unspecified atom stereocenters. The molecule has 1 aromatic heterocycles. The van der Waals surface area contributed by atoms with Crippen LogP contribution in [0.5, 0.6) is 11.5 Å². The number of pyridine rings is 1. The number of nitrogens with zero attached hydrogens (tertiary/aromatic N) is 3. The normalized spacial score (nSPS) is 10.6. The smallest absolute Gasteiger partial charge is 0.872 e. The number of aromatic nitrogens is 1. The molecular weight excluding hydrogens is 534 g/mol. The minimum absolute atomic E-state index is 0. The van der Waals surface area contributed by atoms with E-state index < -0.39 is 23.3 Å². The molecule has 3 aromatic rings. The largest absolute Gasteiger partial charge is 4.00 e. The molecule has 0 N–H and O–H groups in total. The maximum atomic E-state index is 12.3. The van der Waals surface area contributed by atoms with Gasteiger partial charge in [-0.15, -0.1) is 11.5 Å². The molecule has 0 aliphatic carbocycles. The number of carboxylic acid groups (broad SMARTS) is 2. The van der Waals surface area contributed by atoms with Crippen LogP contribution in [0.25, 0.3) is 0 Å². The third kappa shape index (κ3) is 10.4. The molecule has 10 heteroatoms. The summed E-state index contributed by atoms with van der Waals surface area (Å²) in [6.45, 7) is 10.7. The minimum atomic E-state index is -1.52. The average molecular weight is 567 g/mol. The van der Waals surface area contributed by atoms with Crippen LogP contribution in [0.15, 0.2) is 42.5 Å². The molecular formula is C29H33N3O6Ti. The average Bonchev–Trinajstić information content (AvgIpc) is 2.84. The Labute approximate surface area is 244 Å². The van der Waals surface area contributed by atoms with Crippen molar-refractivity contribution in [1.29, 1.82) is 0 Å². The number of rotatable bonds is 9. The van der Waals surface area contributed by atoms with Gasteiger partial charge in [0.1, 0.15) is 0 Å². The van der Waals surface area contributed by atoms with E-state index >= 15 is 0 Å². The summed E-state index contributed by atoms with van der Waals surface area (Å²) in [6.07, 6.45) is 0. The van der Waals surface area contributed by atoms with Gasteiger partial charge in [0.05, 0.1) is 23.3 Å². The van der Waals surface area contributed by atoms with Gasteiger partial charge in [-0.1, -0.05) is 52.6 Å². The van der Waals surface area contributed by atoms with Crippen molar-refractivity contribution >= 4 is 11.9 Å². The molecule has 0 atom stereocenters. The Balaban J connectivity index is 0.000000492. The molecule has 39 heavy (non-hydrogen) atoms. The molecule has 9 nitrogen and oxygen atoms in total. The van der Waals surface area contributed by atoms with Gasteiger partial charge in [0.2, 0.25) is 0 Å². The van der Waals surface area contributed by atoms with Crippen molar-refractivity contribution in [3.8, 4) is 11.5 Å². The number of aryl methyl sites for hydroxylation is 4. The van der Waals surface area contributed by atoms with E-state index in [1.54, 1.807) is 0 Å². The zero-order valence-electron chi connectivity index (χ0n) is 23.2. The van der Waals surface area contributed by atoms with E-state index in [-0.39, 0.29) is 33.2 Å². The first kappa shape index (κ1) is 33.8. The van der Waals surface area contributed by atoms with Gasteiger partial charge in [-0.3, -0.25) is 0 Å². The van der Waals surface area contributed by atoms with E-state index in [0.717, 1.165) is 58.6 Å². The molecule has 3 rings (SSSR count). The van der Waals surface area contributed by atoms with Crippen LogP contribution in [0.3, 0.4) is 0 Å². The molecule has 0 amide bonds. The predicted molar refractivity (Wildman–Crippen MR) is 136 cm³/mol. The summed E-state index contributed by atoms with van der Waals surface area (Å²) in [5, 5.41) is 44.9. The summed E-state index contributed by atoms with van der Waals surface area (Å²) < 4.78 is 0. The predicted octanol–water partition coefficient (Wildman–Crippen LogP) is 0.437. The van der Waals surface area contributed by atoms with Gasteiger partial charge in [0.15, 0.2) is 0 Å². The van der Waals surface area contributed by atoms with Crippen LogP contribution in [-0.4, -0.2) is 53.9 Å². The first-order chi connectivity index (χ1) is 17.8. The molecule has 0 aliphatic heterocycles. The standard InChI is InChI=1S/C22H32N2O2.C7H5NO4.Ti/c1-15-9-17(3)21(25)19(11-15)13-23(5)7-8-24(6)14-20-12-16(2)10-18(4)22(20)26;9-6(10)4-2-1-3-5(8-4)7(11)12;/h9-12,25-26H,7-8,13-14H2,1-6H3;1-3H,(H,9,10)(H,11,12);/q;;+4/p-4. The van der Waals surface area contributed by atoms with Crippen molar-refractivity contribution in [1.82, 2.24) is 14.8 Å². The number of hydrogen-bond donors (Lipinski definition) is 0. The number of carbonyl (C=O) groups is 2. The minimum Gasteiger partial charge on any atom is -0.872 e. The fourth-order valence-corrected chi connectivity index (χ4v) is 4.06. The molecule has 0 bridgehead atoms. The van der Waals surface area contributed by atoms with Gasteiger partial charge in [-0.2, -0.15) is 0 Å². The Bertz CT molecular complexity index is 1200. The van der Waals surface area contributed by atoms with Crippen LogP contribution in [0, 0.1) is 27.7 Å². The Kier molecular flexibility index (Phi) is 13.3. The maximum absolute atomic E-state index is 12.3. The summed E-state index contributed by atoms with van der Waals surface area (Å²) in [4.78, 5) is 27.9. The second-order valence-electron chi connectivity index (χ2n) is 9.60. The topological polar surface area (TPSA) is 146 Å². The van der Waals surface area contributed by atoms with E-state index in [2.05, 4.69) is 14.8 Å². The molecule has 0 radical (unpaired) electrons. The number of carboxylic acids is 2. The van der Waals surface area contributed by atoms with Crippen LogP contribution < -0.4 is 20.4 Å². The van der Waals surface area contributed by atoms with Crippen molar-refractivity contribution < 1.29 is 51.7 Å². The number of aromatic carboxylic acids is 2. The Morgan fingerprint density at radius 1 is 0.718 bits per heavy atom. The molecule has 0 spiro atoms. The van der Waals surface area contributed by atoms with Gasteiger partial charge in [-0.25, -0.2) is 4.98 Å². The van der Waals surface area contributed by atoms with Crippen molar-refractivity contribution in [3.05, 3.63) is 87.2 Å². The van der Waals surface area contributed by atoms with E-state index in [9.17, 15) is 30.0 Å². The first-order valence-corrected chi connectivity index (χ1v) is 12.1. The fraction of sp³-hybridized carbons (Fsp3) is 0.345. The molecule has 0 saturated carbocycles. The van der Waals surface area contributed by atoms with E-state index in [4.69, 9.17) is 0 Å². The zero-order chi connectivity index (χ0) is 28.6. The fourth-order valence-electron chi connectivity index (χ4n) is 4.06. The number of carbonyl (C=O) groups excluding carboxylic acids is 2. The van der Waals surface area contributed by atoms with Crippen LogP contribution >= 0.6 is 0 Å². The van der Waals surface area contributed by atoms with Crippen molar-refractivity contribution in [2.45, 2.75) is 40.8 Å². The summed E-state index contributed by atoms with van der Waals surface area (Å²) in [5.74, 6) is -2.75. The number of benzene rings is 2. The third-order valence-electron chi connectivity index (χ3n) is 5.90. The Morgan fingerprint density at radius 3 is 1.41 bits per heavy atom. The second kappa shape index (κ2) is 15.4. The molecule has 2 aromatic carbocycles. The van der Waals surface area contributed by atoms with Crippen molar-refractivity contribution in [3.63, 3.8) is 0 Å². The Morgan fingerprint density at radius 2 is 1.08 bits per heavy atom. The summed E-state index contributed by atoms with van der Waals surface area (Å²) in [7, 11) is 4.06. The van der Waals surface area contributed by atoms with Crippen LogP contribution in [-0.2, 0) is 34.8 Å². The Hall–Kier alpha value is -3.24. The van der Waals surface area contributed by atoms with E-state index in [1.807, 2.05) is 66.1 Å². The SMILES string of the molecule is Cc1cc(C)c([O-])c(CN(C)CCN(C)Cc2cc(C)cc(C)c2[O-])c1.O=C([O-])c1cccc(C(=O)[O-])n1.[Ti+4]. The summed E-state index contributed by atoms with van der Waals surface area (Å²) in [6, 6.07) is 11.4. The molecule has 204 valence electrons. The van der Waals surface area contributed by atoms with Crippen molar-refractivity contribution in [2.24, 2.45) is 0 Å². The van der Waals surface area contributed by atoms with Gasteiger partial charge in [-0.05, 0) is 65.0 Å². The monoisotopic (exact) mass is 567 g/mol. The van der Waals surface area contributed by atoms with Crippen LogP contribution in [0.2, 0.25) is 0 Å². The van der Waals surface area contributed by atoms with Gasteiger partial charge >= 0.3 is 21.7 Å². The third-order valence-corrected chi connectivity index (χ3v) is 5.90. The summed E-state index contributed by atoms with van der Waals surface area (Å²) >= 11 is 0. The molecule has 0 fully saturated rings. The maximum Gasteiger partial charge on any atom is 4.00 e. The van der Waals surface area contributed by atoms with Gasteiger partial charge in [0, 0.05) is 26.2 Å².